The third-order valence-corrected chi connectivity index (χ3v) is 2.79. The fourth-order valence-electron chi connectivity index (χ4n) is 1.79. The van der Waals surface area contributed by atoms with Gasteiger partial charge in [0, 0.05) is 6.42 Å². The highest BCUT2D eigenvalue weighted by Crippen LogP contribution is 2.10. The maximum Gasteiger partial charge on any atom is 0.148 e. The summed E-state index contributed by atoms with van der Waals surface area (Å²) in [6.45, 7) is 2.26. The molecule has 0 saturated heterocycles. The Bertz CT molecular complexity index is 134. The van der Waals surface area contributed by atoms with E-state index in [1.165, 1.54) is 57.8 Å². The first-order valence-corrected chi connectivity index (χ1v) is 6.61. The first-order valence-electron chi connectivity index (χ1n) is 6.61. The maximum absolute atomic E-state index is 9.88. The van der Waals surface area contributed by atoms with E-state index >= 15 is 0 Å². The lowest BCUT2D eigenvalue weighted by atomic mass is 10.1. The first kappa shape index (κ1) is 14.5. The lowest BCUT2D eigenvalue weighted by Gasteiger charge is -2.00. The molecular weight excluding hydrogens is 186 g/mol. The van der Waals surface area contributed by atoms with Gasteiger partial charge in [-0.3, -0.25) is 0 Å². The summed E-state index contributed by atoms with van der Waals surface area (Å²) in [6.07, 6.45) is 16.0. The van der Waals surface area contributed by atoms with Crippen LogP contribution in [0.25, 0.3) is 0 Å². The molecule has 0 atom stereocenters. The van der Waals surface area contributed by atoms with Gasteiger partial charge in [0.2, 0.25) is 0 Å². The van der Waals surface area contributed by atoms with Crippen LogP contribution >= 0.6 is 0 Å². The zero-order valence-electron chi connectivity index (χ0n) is 10.3. The molecule has 0 aliphatic carbocycles. The highest BCUT2D eigenvalue weighted by Gasteiger charge is 1.92. The molecule has 0 radical (unpaired) electrons. The van der Waals surface area contributed by atoms with Crippen LogP contribution in [0.1, 0.15) is 77.6 Å². The summed E-state index contributed by atoms with van der Waals surface area (Å²) in [6, 6.07) is 0. The van der Waals surface area contributed by atoms with Gasteiger partial charge < -0.3 is 5.21 Å². The SMILES string of the molecule is CCCCCCCCCCCCC=[NH+][O-]. The van der Waals surface area contributed by atoms with Crippen molar-refractivity contribution < 1.29 is 5.16 Å². The van der Waals surface area contributed by atoms with Crippen molar-refractivity contribution in [2.24, 2.45) is 0 Å². The van der Waals surface area contributed by atoms with E-state index < -0.39 is 0 Å². The second-order valence-electron chi connectivity index (χ2n) is 4.29. The van der Waals surface area contributed by atoms with E-state index in [1.807, 2.05) is 5.16 Å². The molecule has 15 heavy (non-hydrogen) atoms. The smallest absolute Gasteiger partial charge is 0.148 e. The topological polar surface area (TPSA) is 37.0 Å². The van der Waals surface area contributed by atoms with E-state index in [1.54, 1.807) is 6.21 Å². The standard InChI is InChI=1S/C13H27NO/c1-2-3-4-5-6-7-8-9-10-11-12-13-14-15/h13-14H,2-12H2,1H3. The van der Waals surface area contributed by atoms with Crippen LogP contribution in [-0.2, 0) is 0 Å². The Kier molecular flexibility index (Phi) is 13.0. The van der Waals surface area contributed by atoms with Crippen molar-refractivity contribution in [1.29, 1.82) is 0 Å². The Morgan fingerprint density at radius 1 is 0.800 bits per heavy atom. The predicted molar refractivity (Wildman–Crippen MR) is 66.9 cm³/mol. The van der Waals surface area contributed by atoms with Crippen LogP contribution in [0.4, 0.5) is 0 Å². The Morgan fingerprint density at radius 2 is 1.27 bits per heavy atom. The molecular formula is C13H27NO. The number of hydrogen-bond donors (Lipinski definition) is 1. The van der Waals surface area contributed by atoms with Crippen LogP contribution in [0.15, 0.2) is 0 Å². The van der Waals surface area contributed by atoms with Gasteiger partial charge in [-0.05, 0) is 6.42 Å². The van der Waals surface area contributed by atoms with Gasteiger partial charge >= 0.3 is 0 Å². The maximum atomic E-state index is 9.88. The quantitative estimate of drug-likeness (QED) is 0.244. The molecule has 2 nitrogen and oxygen atoms in total. The van der Waals surface area contributed by atoms with Crippen molar-refractivity contribution in [3.8, 4) is 0 Å². The van der Waals surface area contributed by atoms with Crippen molar-refractivity contribution in [2.45, 2.75) is 77.6 Å². The van der Waals surface area contributed by atoms with Gasteiger partial charge in [0.1, 0.15) is 6.21 Å². The molecule has 0 aromatic heterocycles. The molecule has 0 saturated carbocycles. The number of rotatable bonds is 11. The van der Waals surface area contributed by atoms with E-state index in [4.69, 9.17) is 0 Å². The average molecular weight is 213 g/mol. The van der Waals surface area contributed by atoms with E-state index in [-0.39, 0.29) is 0 Å². The molecule has 1 N–H and O–H groups in total. The Morgan fingerprint density at radius 3 is 1.73 bits per heavy atom. The lowest BCUT2D eigenvalue weighted by Crippen LogP contribution is -2.60. The zero-order valence-corrected chi connectivity index (χ0v) is 10.3. The van der Waals surface area contributed by atoms with Crippen LogP contribution in [-0.4, -0.2) is 6.21 Å². The molecule has 0 aliphatic rings. The molecule has 2 heteroatoms. The summed E-state index contributed by atoms with van der Waals surface area (Å²) in [5.74, 6) is 0. The van der Waals surface area contributed by atoms with Crippen LogP contribution in [0.2, 0.25) is 0 Å². The fourth-order valence-corrected chi connectivity index (χ4v) is 1.79. The van der Waals surface area contributed by atoms with E-state index in [9.17, 15) is 5.21 Å². The Hall–Kier alpha value is -0.530. The molecule has 0 amide bonds. The first-order chi connectivity index (χ1) is 7.41. The molecule has 0 aliphatic heterocycles. The van der Waals surface area contributed by atoms with Crippen molar-refractivity contribution in [3.05, 3.63) is 5.21 Å². The van der Waals surface area contributed by atoms with Crippen molar-refractivity contribution >= 4 is 6.21 Å². The highest BCUT2D eigenvalue weighted by atomic mass is 16.4. The molecule has 0 aromatic rings. The largest absolute Gasteiger partial charge is 0.626 e. The van der Waals surface area contributed by atoms with Gasteiger partial charge in [-0.1, -0.05) is 64.7 Å². The molecule has 90 valence electrons. The van der Waals surface area contributed by atoms with Gasteiger partial charge in [0.15, 0.2) is 0 Å². The average Bonchev–Trinajstić information content (AvgIpc) is 2.26. The molecule has 0 aromatic carbocycles. The van der Waals surface area contributed by atoms with Gasteiger partial charge in [-0.15, -0.1) is 0 Å². The molecule has 0 bridgehead atoms. The van der Waals surface area contributed by atoms with E-state index in [0.29, 0.717) is 0 Å². The predicted octanol–water partition coefficient (Wildman–Crippen LogP) is 2.95. The van der Waals surface area contributed by atoms with Crippen LogP contribution in [0, 0.1) is 5.21 Å². The van der Waals surface area contributed by atoms with Crippen LogP contribution in [0.5, 0.6) is 0 Å². The second kappa shape index (κ2) is 13.5. The van der Waals surface area contributed by atoms with Gasteiger partial charge in [-0.2, -0.15) is 0 Å². The molecule has 0 heterocycles. The summed E-state index contributed by atoms with van der Waals surface area (Å²) in [5.41, 5.74) is 0. The van der Waals surface area contributed by atoms with E-state index in [2.05, 4.69) is 6.92 Å². The Balaban J connectivity index is 2.86. The fraction of sp³-hybridized carbons (Fsp3) is 0.923. The Labute approximate surface area is 94.8 Å². The number of nitrogens with one attached hydrogen (secondary N) is 1. The lowest BCUT2D eigenvalue weighted by molar-refractivity contribution is -0.368. The second-order valence-corrected chi connectivity index (χ2v) is 4.29. The number of hydrogen-bond acceptors (Lipinski definition) is 1. The zero-order chi connectivity index (χ0) is 11.2. The van der Waals surface area contributed by atoms with Crippen molar-refractivity contribution in [1.82, 2.24) is 0 Å². The van der Waals surface area contributed by atoms with Crippen LogP contribution < -0.4 is 5.16 Å². The minimum Gasteiger partial charge on any atom is -0.626 e. The van der Waals surface area contributed by atoms with Gasteiger partial charge in [-0.25, -0.2) is 5.16 Å². The van der Waals surface area contributed by atoms with E-state index in [0.717, 1.165) is 12.8 Å². The summed E-state index contributed by atoms with van der Waals surface area (Å²) in [7, 11) is 0. The molecule has 0 spiro atoms. The van der Waals surface area contributed by atoms with Gasteiger partial charge in [0.25, 0.3) is 0 Å². The normalized spacial score (nSPS) is 11.3. The number of unbranched alkanes of at least 4 members (excludes halogenated alkanes) is 10. The highest BCUT2D eigenvalue weighted by molar-refractivity contribution is 5.49. The third-order valence-electron chi connectivity index (χ3n) is 2.79. The summed E-state index contributed by atoms with van der Waals surface area (Å²) in [4.78, 5) is 0. The minimum absolute atomic E-state index is 0.917. The summed E-state index contributed by atoms with van der Waals surface area (Å²) >= 11 is 0. The van der Waals surface area contributed by atoms with Gasteiger partial charge in [0.05, 0.1) is 0 Å². The molecule has 0 fully saturated rings. The van der Waals surface area contributed by atoms with Crippen molar-refractivity contribution in [3.63, 3.8) is 0 Å². The third kappa shape index (κ3) is 13.5. The molecule has 0 rings (SSSR count). The van der Waals surface area contributed by atoms with Crippen molar-refractivity contribution in [2.75, 3.05) is 0 Å². The summed E-state index contributed by atoms with van der Waals surface area (Å²) in [5, 5.41) is 11.7. The van der Waals surface area contributed by atoms with Crippen LogP contribution in [0.3, 0.4) is 0 Å². The summed E-state index contributed by atoms with van der Waals surface area (Å²) < 4.78 is 0. The molecule has 0 unspecified atom stereocenters. The minimum atomic E-state index is 0.917. The monoisotopic (exact) mass is 213 g/mol.